The molecule has 0 saturated heterocycles. The number of hydrogen-bond donors (Lipinski definition) is 2. The number of anilines is 2. The normalized spacial score (nSPS) is 17.4. The lowest BCUT2D eigenvalue weighted by molar-refractivity contribution is 0.463. The average Bonchev–Trinajstić information content (AvgIpc) is 2.25. The monoisotopic (exact) mass is 302 g/mol. The van der Waals surface area contributed by atoms with E-state index in [0.29, 0.717) is 16.8 Å². The van der Waals surface area contributed by atoms with E-state index in [2.05, 4.69) is 21.2 Å². The first-order chi connectivity index (χ1) is 7.66. The van der Waals surface area contributed by atoms with E-state index in [1.54, 1.807) is 0 Å². The summed E-state index contributed by atoms with van der Waals surface area (Å²) in [5.74, 6) is 0. The number of benzene rings is 1. The van der Waals surface area contributed by atoms with Gasteiger partial charge in [-0.2, -0.15) is 0 Å². The zero-order chi connectivity index (χ0) is 11.5. The van der Waals surface area contributed by atoms with Crippen LogP contribution >= 0.6 is 27.5 Å². The molecular formula is C12H16BrClN2. The third-order valence-corrected chi connectivity index (χ3v) is 3.80. The van der Waals surface area contributed by atoms with Crippen LogP contribution in [0.2, 0.25) is 5.02 Å². The van der Waals surface area contributed by atoms with Gasteiger partial charge in [0.05, 0.1) is 16.4 Å². The van der Waals surface area contributed by atoms with Crippen LogP contribution in [-0.2, 0) is 0 Å². The van der Waals surface area contributed by atoms with Gasteiger partial charge in [-0.05, 0) is 25.0 Å². The molecule has 0 heterocycles. The third kappa shape index (κ3) is 2.83. The van der Waals surface area contributed by atoms with Crippen molar-refractivity contribution in [3.05, 3.63) is 21.6 Å². The van der Waals surface area contributed by atoms with E-state index in [4.69, 9.17) is 17.3 Å². The Morgan fingerprint density at radius 3 is 2.56 bits per heavy atom. The van der Waals surface area contributed by atoms with Crippen LogP contribution < -0.4 is 11.1 Å². The quantitative estimate of drug-likeness (QED) is 0.793. The van der Waals surface area contributed by atoms with Gasteiger partial charge < -0.3 is 11.1 Å². The lowest BCUT2D eigenvalue weighted by atomic mass is 9.95. The third-order valence-electron chi connectivity index (χ3n) is 3.04. The number of hydrogen-bond acceptors (Lipinski definition) is 2. The highest BCUT2D eigenvalue weighted by molar-refractivity contribution is 9.10. The predicted octanol–water partition coefficient (Wildman–Crippen LogP) is 4.43. The van der Waals surface area contributed by atoms with Gasteiger partial charge in [0.15, 0.2) is 0 Å². The second-order valence-corrected chi connectivity index (χ2v) is 5.65. The molecule has 3 N–H and O–H groups in total. The Morgan fingerprint density at radius 2 is 1.94 bits per heavy atom. The van der Waals surface area contributed by atoms with Gasteiger partial charge in [-0.1, -0.05) is 46.8 Å². The highest BCUT2D eigenvalue weighted by Gasteiger charge is 2.15. The summed E-state index contributed by atoms with van der Waals surface area (Å²) in [4.78, 5) is 0. The summed E-state index contributed by atoms with van der Waals surface area (Å²) >= 11 is 9.56. The fourth-order valence-corrected chi connectivity index (χ4v) is 3.09. The molecule has 88 valence electrons. The highest BCUT2D eigenvalue weighted by Crippen LogP contribution is 2.34. The van der Waals surface area contributed by atoms with Crippen LogP contribution in [0.15, 0.2) is 16.6 Å². The van der Waals surface area contributed by atoms with Crippen molar-refractivity contribution in [1.82, 2.24) is 0 Å². The molecule has 2 rings (SSSR count). The summed E-state index contributed by atoms with van der Waals surface area (Å²) < 4.78 is 0.921. The minimum absolute atomic E-state index is 0.523. The Morgan fingerprint density at radius 1 is 1.25 bits per heavy atom. The summed E-state index contributed by atoms with van der Waals surface area (Å²) in [6.07, 6.45) is 6.37. The van der Waals surface area contributed by atoms with E-state index in [0.717, 1.165) is 10.2 Å². The van der Waals surface area contributed by atoms with Crippen molar-refractivity contribution in [1.29, 1.82) is 0 Å². The first-order valence-corrected chi connectivity index (χ1v) is 6.85. The highest BCUT2D eigenvalue weighted by atomic mass is 79.9. The van der Waals surface area contributed by atoms with Gasteiger partial charge in [0.25, 0.3) is 0 Å². The van der Waals surface area contributed by atoms with Crippen LogP contribution in [0.4, 0.5) is 11.4 Å². The maximum atomic E-state index is 6.18. The average molecular weight is 304 g/mol. The molecule has 0 amide bonds. The Bertz CT molecular complexity index is 352. The second kappa shape index (κ2) is 5.28. The standard InChI is InChI=1S/C12H16BrClN2/c13-8-6-10(14)12(11(15)7-8)16-9-4-2-1-3-5-9/h6-7,9,16H,1-5,15H2. The summed E-state index contributed by atoms with van der Waals surface area (Å²) in [7, 11) is 0. The number of nitrogens with one attached hydrogen (secondary N) is 1. The van der Waals surface area contributed by atoms with Crippen LogP contribution in [0.3, 0.4) is 0 Å². The largest absolute Gasteiger partial charge is 0.397 e. The summed E-state index contributed by atoms with van der Waals surface area (Å²) in [5, 5.41) is 4.16. The first kappa shape index (κ1) is 12.1. The molecule has 1 aromatic carbocycles. The molecule has 1 saturated carbocycles. The Labute approximate surface area is 110 Å². The molecule has 1 aromatic rings. The molecule has 4 heteroatoms. The minimum Gasteiger partial charge on any atom is -0.397 e. The fraction of sp³-hybridized carbons (Fsp3) is 0.500. The van der Waals surface area contributed by atoms with Gasteiger partial charge in [0.2, 0.25) is 0 Å². The van der Waals surface area contributed by atoms with Crippen LogP contribution in [0.1, 0.15) is 32.1 Å². The Hall–Kier alpha value is -0.410. The summed E-state index contributed by atoms with van der Waals surface area (Å²) in [6.45, 7) is 0. The summed E-state index contributed by atoms with van der Waals surface area (Å²) in [5.41, 5.74) is 7.56. The number of nitrogens with two attached hydrogens (primary N) is 1. The maximum Gasteiger partial charge on any atom is 0.0766 e. The zero-order valence-corrected chi connectivity index (χ0v) is 11.4. The molecule has 0 radical (unpaired) electrons. The molecule has 16 heavy (non-hydrogen) atoms. The number of nitrogen functional groups attached to an aromatic ring is 1. The van der Waals surface area contributed by atoms with Crippen molar-refractivity contribution in [3.63, 3.8) is 0 Å². The van der Waals surface area contributed by atoms with Crippen LogP contribution in [0.5, 0.6) is 0 Å². The lowest BCUT2D eigenvalue weighted by Gasteiger charge is -2.25. The van der Waals surface area contributed by atoms with Crippen molar-refractivity contribution >= 4 is 38.9 Å². The van der Waals surface area contributed by atoms with Crippen LogP contribution in [0.25, 0.3) is 0 Å². The van der Waals surface area contributed by atoms with E-state index in [1.807, 2.05) is 12.1 Å². The Kier molecular flexibility index (Phi) is 3.98. The van der Waals surface area contributed by atoms with Gasteiger partial charge in [0.1, 0.15) is 0 Å². The van der Waals surface area contributed by atoms with Gasteiger partial charge >= 0.3 is 0 Å². The van der Waals surface area contributed by atoms with E-state index in [1.165, 1.54) is 32.1 Å². The second-order valence-electron chi connectivity index (χ2n) is 4.33. The number of halogens is 2. The molecule has 1 fully saturated rings. The van der Waals surface area contributed by atoms with Gasteiger partial charge in [-0.15, -0.1) is 0 Å². The minimum atomic E-state index is 0.523. The van der Waals surface area contributed by atoms with Crippen molar-refractivity contribution in [2.24, 2.45) is 0 Å². The SMILES string of the molecule is Nc1cc(Br)cc(Cl)c1NC1CCCCC1. The van der Waals surface area contributed by atoms with E-state index in [-0.39, 0.29) is 0 Å². The van der Waals surface area contributed by atoms with E-state index >= 15 is 0 Å². The Balaban J connectivity index is 2.14. The molecule has 2 nitrogen and oxygen atoms in total. The molecule has 1 aliphatic rings. The molecule has 1 aliphatic carbocycles. The predicted molar refractivity (Wildman–Crippen MR) is 74.1 cm³/mol. The van der Waals surface area contributed by atoms with Crippen molar-refractivity contribution in [2.75, 3.05) is 11.1 Å². The molecule has 0 aliphatic heterocycles. The number of rotatable bonds is 2. The molecular weight excluding hydrogens is 288 g/mol. The van der Waals surface area contributed by atoms with E-state index in [9.17, 15) is 0 Å². The first-order valence-electron chi connectivity index (χ1n) is 5.68. The van der Waals surface area contributed by atoms with Crippen molar-refractivity contribution < 1.29 is 0 Å². The van der Waals surface area contributed by atoms with Crippen LogP contribution in [0, 0.1) is 0 Å². The zero-order valence-electron chi connectivity index (χ0n) is 9.10. The molecule has 0 unspecified atom stereocenters. The lowest BCUT2D eigenvalue weighted by Crippen LogP contribution is -2.23. The topological polar surface area (TPSA) is 38.0 Å². The van der Waals surface area contributed by atoms with E-state index < -0.39 is 0 Å². The summed E-state index contributed by atoms with van der Waals surface area (Å²) in [6, 6.07) is 4.29. The smallest absolute Gasteiger partial charge is 0.0766 e. The molecule has 0 aromatic heterocycles. The van der Waals surface area contributed by atoms with Crippen molar-refractivity contribution in [3.8, 4) is 0 Å². The molecule has 0 spiro atoms. The van der Waals surface area contributed by atoms with Gasteiger partial charge in [0, 0.05) is 10.5 Å². The molecule has 0 bridgehead atoms. The van der Waals surface area contributed by atoms with Crippen molar-refractivity contribution in [2.45, 2.75) is 38.1 Å². The van der Waals surface area contributed by atoms with Gasteiger partial charge in [-0.3, -0.25) is 0 Å². The maximum absolute atomic E-state index is 6.18. The fourth-order valence-electron chi connectivity index (χ4n) is 2.20. The molecule has 0 atom stereocenters. The van der Waals surface area contributed by atoms with Gasteiger partial charge in [-0.25, -0.2) is 0 Å². The van der Waals surface area contributed by atoms with Crippen LogP contribution in [-0.4, -0.2) is 6.04 Å².